The zero-order valence-electron chi connectivity index (χ0n) is 38.9. The predicted octanol–water partition coefficient (Wildman–Crippen LogP) is 6.66. The third-order valence-electron chi connectivity index (χ3n) is 13.7. The summed E-state index contributed by atoms with van der Waals surface area (Å²) in [5.41, 5.74) is 1.52. The Hall–Kier alpha value is -6.25. The third kappa shape index (κ3) is 10.4. The quantitative estimate of drug-likeness (QED) is 0.0973. The maximum atomic E-state index is 14.9. The van der Waals surface area contributed by atoms with E-state index in [9.17, 15) is 32.3 Å². The van der Waals surface area contributed by atoms with Gasteiger partial charge in [-0.2, -0.15) is 15.3 Å². The lowest BCUT2D eigenvalue weighted by Gasteiger charge is -2.36. The van der Waals surface area contributed by atoms with Crippen LogP contribution in [0, 0.1) is 5.92 Å². The Morgan fingerprint density at radius 2 is 1.75 bits per heavy atom. The van der Waals surface area contributed by atoms with Gasteiger partial charge in [0, 0.05) is 63.3 Å². The van der Waals surface area contributed by atoms with Crippen molar-refractivity contribution in [2.24, 2.45) is 13.0 Å². The molecule has 4 fully saturated rings. The number of aromatic nitrogens is 7. The molecule has 3 aliphatic heterocycles. The van der Waals surface area contributed by atoms with Gasteiger partial charge in [0.2, 0.25) is 11.8 Å². The summed E-state index contributed by atoms with van der Waals surface area (Å²) in [6.45, 7) is 8.42. The molecule has 4 amide bonds. The zero-order valence-corrected chi connectivity index (χ0v) is 38.9. The van der Waals surface area contributed by atoms with E-state index in [0.717, 1.165) is 81.2 Å². The van der Waals surface area contributed by atoms with Crippen LogP contribution < -0.4 is 26.2 Å². The van der Waals surface area contributed by atoms with Gasteiger partial charge < -0.3 is 30.5 Å². The molecule has 364 valence electrons. The Bertz CT molecular complexity index is 2660. The Morgan fingerprint density at radius 1 is 0.971 bits per heavy atom. The molecule has 1 saturated carbocycles. The minimum absolute atomic E-state index is 0.0217. The number of rotatable bonds is 12. The molecule has 68 heavy (non-hydrogen) atoms. The van der Waals surface area contributed by atoms with E-state index in [1.54, 1.807) is 42.6 Å². The van der Waals surface area contributed by atoms with E-state index < -0.39 is 47.9 Å². The number of fused-ring (bicyclic) bond motifs is 2. The fraction of sp³-hybridized carbons (Fsp3) is 0.574. The number of para-hydroxylation sites is 1. The zero-order chi connectivity index (χ0) is 47.9. The number of ether oxygens (including phenoxy) is 1. The van der Waals surface area contributed by atoms with Crippen molar-refractivity contribution in [1.29, 1.82) is 0 Å². The number of amides is 4. The average Bonchev–Trinajstić information content (AvgIpc) is 4.01. The summed E-state index contributed by atoms with van der Waals surface area (Å²) in [6.07, 6.45) is 6.87. The molecule has 3 atom stereocenters. The second-order valence-electron chi connectivity index (χ2n) is 19.8. The molecule has 5 aromatic rings. The maximum absolute atomic E-state index is 14.9. The number of anilines is 3. The second-order valence-corrected chi connectivity index (χ2v) is 19.8. The van der Waals surface area contributed by atoms with Gasteiger partial charge in [0.1, 0.15) is 23.2 Å². The number of aryl methyl sites for hydroxylation is 1. The van der Waals surface area contributed by atoms with Crippen LogP contribution in [0.1, 0.15) is 125 Å². The van der Waals surface area contributed by atoms with Gasteiger partial charge in [0.25, 0.3) is 12.3 Å². The molecule has 7 heterocycles. The van der Waals surface area contributed by atoms with Gasteiger partial charge in [-0.15, -0.1) is 0 Å². The van der Waals surface area contributed by atoms with E-state index in [2.05, 4.69) is 47.4 Å². The van der Waals surface area contributed by atoms with E-state index in [4.69, 9.17) is 9.84 Å². The van der Waals surface area contributed by atoms with Gasteiger partial charge in [0.05, 0.1) is 53.3 Å². The van der Waals surface area contributed by atoms with Gasteiger partial charge in [-0.1, -0.05) is 12.1 Å². The van der Waals surface area contributed by atoms with E-state index in [-0.39, 0.29) is 60.3 Å². The summed E-state index contributed by atoms with van der Waals surface area (Å²) >= 11 is 0. The molecular formula is C47H60F3N13O5. The van der Waals surface area contributed by atoms with Crippen LogP contribution in [0.25, 0.3) is 16.6 Å². The molecule has 1 unspecified atom stereocenters. The number of piperidine rings is 3. The number of carbonyl (C=O) groups is 4. The number of alkyl carbamates (subject to hydrolysis) is 1. The van der Waals surface area contributed by atoms with E-state index >= 15 is 0 Å². The van der Waals surface area contributed by atoms with Crippen molar-refractivity contribution in [2.75, 3.05) is 48.3 Å². The van der Waals surface area contributed by atoms with Crippen LogP contribution in [0.2, 0.25) is 0 Å². The number of hydrogen-bond acceptors (Lipinski definition) is 12. The summed E-state index contributed by atoms with van der Waals surface area (Å²) in [7, 11) is 1.89. The van der Waals surface area contributed by atoms with Crippen molar-refractivity contribution in [3.8, 4) is 0 Å². The molecule has 0 radical (unpaired) electrons. The van der Waals surface area contributed by atoms with E-state index in [0.29, 0.717) is 30.3 Å². The maximum Gasteiger partial charge on any atom is 0.407 e. The monoisotopic (exact) mass is 943 g/mol. The standard InChI is InChI=1S/C47H60F3N13O5/c1-47(2,3)68-46(67)53-30-22-28(48)24-61(25-30)37-17-21-62-43(55-37)34(23-51-62)45(66)54-36-26-63(58-40(36)42(49)50)31-10-8-27(9-11-31)14-18-60-19-15-29(16-20-60)52-35-7-5-6-32-39(57-59(4)41(32)35)33-12-13-38(64)56-44(33)65/h5-7,17,21,23,26-31,33,42,52H,8-16,18-20,22,24-25H2,1-4H3,(H,53,67)(H,54,66)(H,56,64,65)/t27?,28-,30-,31?,33?/m1/s1. The Labute approximate surface area is 391 Å². The minimum Gasteiger partial charge on any atom is -0.444 e. The summed E-state index contributed by atoms with van der Waals surface area (Å²) in [5, 5.41) is 25.8. The first-order valence-electron chi connectivity index (χ1n) is 23.7. The lowest BCUT2D eigenvalue weighted by Crippen LogP contribution is -2.52. The number of imide groups is 1. The Kier molecular flexibility index (Phi) is 13.4. The highest BCUT2D eigenvalue weighted by molar-refractivity contribution is 6.08. The van der Waals surface area contributed by atoms with E-state index in [1.807, 2.05) is 23.9 Å². The normalized spacial score (nSPS) is 23.3. The number of nitrogens with zero attached hydrogens (tertiary/aromatic N) is 9. The lowest BCUT2D eigenvalue weighted by molar-refractivity contribution is -0.134. The molecular weight excluding hydrogens is 884 g/mol. The van der Waals surface area contributed by atoms with E-state index in [1.165, 1.54) is 16.9 Å². The predicted molar refractivity (Wildman–Crippen MR) is 248 cm³/mol. The van der Waals surface area contributed by atoms with Gasteiger partial charge in [-0.05, 0) is 96.7 Å². The first-order chi connectivity index (χ1) is 32.5. The number of likely N-dealkylation sites (tertiary alicyclic amines) is 1. The number of carbonyl (C=O) groups excluding carboxylic acids is 4. The number of hydrogen-bond donors (Lipinski definition) is 4. The molecule has 18 nitrogen and oxygen atoms in total. The number of halogens is 3. The van der Waals surface area contributed by atoms with Crippen molar-refractivity contribution < 1.29 is 37.1 Å². The molecule has 1 aromatic carbocycles. The molecule has 0 spiro atoms. The largest absolute Gasteiger partial charge is 0.444 e. The highest BCUT2D eigenvalue weighted by Gasteiger charge is 2.34. The van der Waals surface area contributed by atoms with Crippen molar-refractivity contribution in [3.63, 3.8) is 0 Å². The van der Waals surface area contributed by atoms with Crippen LogP contribution in [0.3, 0.4) is 0 Å². The van der Waals surface area contributed by atoms with Gasteiger partial charge in [-0.3, -0.25) is 29.1 Å². The molecule has 4 aliphatic rings. The van der Waals surface area contributed by atoms with Gasteiger partial charge >= 0.3 is 6.09 Å². The summed E-state index contributed by atoms with van der Waals surface area (Å²) in [5.74, 6) is -0.814. The molecule has 21 heteroatoms. The lowest BCUT2D eigenvalue weighted by atomic mass is 9.84. The number of benzene rings is 1. The average molecular weight is 944 g/mol. The SMILES string of the molecule is Cn1nc(C2CCC(=O)NC2=O)c2cccc(NC3CCN(CCC4CCC(n5cc(NC(=O)c6cnn7ccc(N8C[C@H](F)C[C@@H](NC(=O)OC(C)(C)C)C8)nc67)c(C(F)F)n5)CC4)CC3)c21. The summed E-state index contributed by atoms with van der Waals surface area (Å²) in [4.78, 5) is 59.4. The topological polar surface area (TPSA) is 198 Å². The molecule has 1 aliphatic carbocycles. The van der Waals surface area contributed by atoms with Crippen molar-refractivity contribution >= 4 is 57.6 Å². The molecule has 0 bridgehead atoms. The number of alkyl halides is 3. The third-order valence-corrected chi connectivity index (χ3v) is 13.7. The summed E-state index contributed by atoms with van der Waals surface area (Å²) in [6, 6.07) is 7.32. The molecule has 4 N–H and O–H groups in total. The van der Waals surface area contributed by atoms with Crippen LogP contribution in [0.15, 0.2) is 42.9 Å². The van der Waals surface area contributed by atoms with Gasteiger partial charge in [-0.25, -0.2) is 27.5 Å². The van der Waals surface area contributed by atoms with Crippen LogP contribution in [-0.4, -0.2) is 119 Å². The van der Waals surface area contributed by atoms with Crippen molar-refractivity contribution in [3.05, 3.63) is 59.8 Å². The summed E-state index contributed by atoms with van der Waals surface area (Å²) < 4.78 is 53.9. The molecule has 4 aromatic heterocycles. The number of nitrogens with one attached hydrogen (secondary N) is 4. The molecule has 9 rings (SSSR count). The van der Waals surface area contributed by atoms with Crippen LogP contribution in [0.4, 0.5) is 35.2 Å². The Balaban J connectivity index is 0.760. The van der Waals surface area contributed by atoms with Crippen LogP contribution >= 0.6 is 0 Å². The minimum atomic E-state index is -2.92. The second kappa shape index (κ2) is 19.4. The van der Waals surface area contributed by atoms with Crippen molar-refractivity contribution in [1.82, 2.24) is 49.7 Å². The van der Waals surface area contributed by atoms with Crippen LogP contribution in [0.5, 0.6) is 0 Å². The first-order valence-corrected chi connectivity index (χ1v) is 23.7. The van der Waals surface area contributed by atoms with Crippen molar-refractivity contribution in [2.45, 2.75) is 127 Å². The first kappa shape index (κ1) is 46.8. The fourth-order valence-electron chi connectivity index (χ4n) is 10.3. The van der Waals surface area contributed by atoms with Gasteiger partial charge in [0.15, 0.2) is 11.3 Å². The highest BCUT2D eigenvalue weighted by atomic mass is 19.3. The highest BCUT2D eigenvalue weighted by Crippen LogP contribution is 2.38. The van der Waals surface area contributed by atoms with Crippen LogP contribution in [-0.2, 0) is 21.4 Å². The smallest absolute Gasteiger partial charge is 0.407 e. The fourth-order valence-corrected chi connectivity index (χ4v) is 10.3. The Morgan fingerprint density at radius 3 is 2.49 bits per heavy atom. The molecule has 3 saturated heterocycles.